The molecule has 1 atom stereocenters. The molecule has 1 amide bonds. The van der Waals surface area contributed by atoms with Crippen molar-refractivity contribution in [2.45, 2.75) is 38.2 Å². The molecular weight excluding hydrogens is 394 g/mol. The van der Waals surface area contributed by atoms with E-state index < -0.39 is 25.0 Å². The number of rotatable bonds is 8. The standard InChI is InChI=1S/C20H22F2N6O2.H2/c1-12(18(26-11-23)28-20-24-5-2-6-25-20)27-19(29)15-7-14(13-3-4-13)8-16(9-15)30-10-17(21)22;/h2,5-9,11-13,17H,3-4,10H2,1H3,(H,27,29)(H2,23,24,25,26,28);1H. The molecule has 1 saturated carbocycles. The second-order valence-corrected chi connectivity index (χ2v) is 6.76. The molecule has 2 aromatic rings. The van der Waals surface area contributed by atoms with Crippen LogP contribution in [0.4, 0.5) is 14.7 Å². The highest BCUT2D eigenvalue weighted by Crippen LogP contribution is 2.41. The Morgan fingerprint density at radius 1 is 1.37 bits per heavy atom. The molecule has 1 heterocycles. The molecule has 30 heavy (non-hydrogen) atoms. The van der Waals surface area contributed by atoms with Crippen LogP contribution in [0.5, 0.6) is 5.75 Å². The van der Waals surface area contributed by atoms with E-state index in [0.29, 0.717) is 11.5 Å². The van der Waals surface area contributed by atoms with Gasteiger partial charge in [0.05, 0.1) is 12.4 Å². The average molecular weight is 418 g/mol. The summed E-state index contributed by atoms with van der Waals surface area (Å²) in [6.07, 6.45) is 3.52. The van der Waals surface area contributed by atoms with Gasteiger partial charge in [0.1, 0.15) is 12.4 Å². The van der Waals surface area contributed by atoms with Gasteiger partial charge in [-0.25, -0.2) is 23.7 Å². The number of alkyl halides is 2. The summed E-state index contributed by atoms with van der Waals surface area (Å²) in [7, 11) is 0. The zero-order chi connectivity index (χ0) is 21.5. The minimum atomic E-state index is -2.60. The minimum absolute atomic E-state index is 0. The van der Waals surface area contributed by atoms with E-state index in [1.807, 2.05) is 0 Å². The summed E-state index contributed by atoms with van der Waals surface area (Å²) in [5.74, 6) is 0.533. The third kappa shape index (κ3) is 6.03. The molecule has 0 aliphatic heterocycles. The largest absolute Gasteiger partial charge is 0.488 e. The summed E-state index contributed by atoms with van der Waals surface area (Å²) in [6.45, 7) is 0.955. The second-order valence-electron chi connectivity index (χ2n) is 6.76. The maximum atomic E-state index is 12.8. The van der Waals surface area contributed by atoms with E-state index in [0.717, 1.165) is 24.7 Å². The van der Waals surface area contributed by atoms with Crippen LogP contribution in [-0.2, 0) is 0 Å². The number of benzene rings is 1. The van der Waals surface area contributed by atoms with Crippen LogP contribution in [0.25, 0.3) is 0 Å². The molecule has 3 N–H and O–H groups in total. The molecule has 1 aromatic heterocycles. The van der Waals surface area contributed by atoms with Crippen molar-refractivity contribution < 1.29 is 19.7 Å². The van der Waals surface area contributed by atoms with E-state index in [-0.39, 0.29) is 19.0 Å². The number of carbonyl (C=O) groups excluding carboxylic acids is 1. The number of amidine groups is 1. The zero-order valence-electron chi connectivity index (χ0n) is 16.3. The molecule has 0 radical (unpaired) electrons. The lowest BCUT2D eigenvalue weighted by Gasteiger charge is -2.15. The fraction of sp³-hybridized carbons (Fsp3) is 0.350. The molecule has 10 heteroatoms. The normalized spacial score (nSPS) is 15.4. The van der Waals surface area contributed by atoms with Gasteiger partial charge in [0, 0.05) is 19.4 Å². The van der Waals surface area contributed by atoms with Gasteiger partial charge in [-0.05, 0) is 55.5 Å². The second kappa shape index (κ2) is 9.86. The van der Waals surface area contributed by atoms with Gasteiger partial charge in [0.15, 0.2) is 5.84 Å². The highest BCUT2D eigenvalue weighted by molar-refractivity contribution is 6.01. The Balaban J connectivity index is 0.00000341. The Labute approximate surface area is 173 Å². The highest BCUT2D eigenvalue weighted by Gasteiger charge is 2.26. The Bertz CT molecular complexity index is 939. The van der Waals surface area contributed by atoms with Crippen LogP contribution in [-0.4, -0.2) is 47.1 Å². The van der Waals surface area contributed by atoms with E-state index in [2.05, 4.69) is 25.3 Å². The van der Waals surface area contributed by atoms with Crippen molar-refractivity contribution in [3.63, 3.8) is 0 Å². The van der Waals surface area contributed by atoms with Crippen molar-refractivity contribution >= 4 is 24.0 Å². The van der Waals surface area contributed by atoms with Crippen LogP contribution in [0.3, 0.4) is 0 Å². The van der Waals surface area contributed by atoms with Gasteiger partial charge in [-0.3, -0.25) is 4.79 Å². The number of aliphatic imine (C=N–C) groups is 2. The molecule has 1 aromatic carbocycles. The van der Waals surface area contributed by atoms with Crippen LogP contribution in [0.1, 0.15) is 43.0 Å². The number of aromatic nitrogens is 2. The van der Waals surface area contributed by atoms with Crippen LogP contribution in [0.15, 0.2) is 46.6 Å². The molecule has 1 aliphatic carbocycles. The average Bonchev–Trinajstić information content (AvgIpc) is 3.58. The molecule has 160 valence electrons. The van der Waals surface area contributed by atoms with Crippen molar-refractivity contribution in [2.75, 3.05) is 6.61 Å². The number of nitrogens with two attached hydrogens (primary N) is 1. The molecule has 1 fully saturated rings. The first kappa shape index (κ1) is 21.3. The third-order valence-corrected chi connectivity index (χ3v) is 4.32. The topological polar surface area (TPSA) is 115 Å². The predicted octanol–water partition coefficient (Wildman–Crippen LogP) is 3.08. The lowest BCUT2D eigenvalue weighted by molar-refractivity contribution is 0.0817. The number of halogens is 2. The van der Waals surface area contributed by atoms with Crippen molar-refractivity contribution in [3.8, 4) is 5.75 Å². The first-order valence-corrected chi connectivity index (χ1v) is 9.43. The monoisotopic (exact) mass is 418 g/mol. The number of carbonyl (C=O) groups is 1. The first-order valence-electron chi connectivity index (χ1n) is 9.43. The number of hydrogen-bond acceptors (Lipinski definition) is 5. The predicted molar refractivity (Wildman–Crippen MR) is 111 cm³/mol. The third-order valence-electron chi connectivity index (χ3n) is 4.32. The van der Waals surface area contributed by atoms with Gasteiger partial charge in [-0.2, -0.15) is 4.99 Å². The van der Waals surface area contributed by atoms with E-state index in [4.69, 9.17) is 10.5 Å². The molecule has 0 saturated heterocycles. The van der Waals surface area contributed by atoms with E-state index in [1.54, 1.807) is 25.1 Å². The Morgan fingerprint density at radius 3 is 2.73 bits per heavy atom. The number of hydrogen-bond donors (Lipinski definition) is 2. The first-order chi connectivity index (χ1) is 14.5. The number of ether oxygens (including phenoxy) is 1. The van der Waals surface area contributed by atoms with Gasteiger partial charge in [0.25, 0.3) is 18.3 Å². The fourth-order valence-corrected chi connectivity index (χ4v) is 2.76. The number of nitrogens with one attached hydrogen (secondary N) is 1. The maximum absolute atomic E-state index is 12.8. The maximum Gasteiger partial charge on any atom is 0.272 e. The zero-order valence-corrected chi connectivity index (χ0v) is 16.3. The molecule has 8 nitrogen and oxygen atoms in total. The molecular formula is C20H24F2N6O2. The van der Waals surface area contributed by atoms with Crippen LogP contribution >= 0.6 is 0 Å². The molecule has 1 unspecified atom stereocenters. The molecule has 0 bridgehead atoms. The van der Waals surface area contributed by atoms with Gasteiger partial charge < -0.3 is 15.8 Å². The van der Waals surface area contributed by atoms with Crippen molar-refractivity contribution in [2.24, 2.45) is 15.7 Å². The van der Waals surface area contributed by atoms with E-state index in [1.165, 1.54) is 18.5 Å². The summed E-state index contributed by atoms with van der Waals surface area (Å²) in [4.78, 5) is 29.0. The van der Waals surface area contributed by atoms with Crippen molar-refractivity contribution in [3.05, 3.63) is 47.8 Å². The summed E-state index contributed by atoms with van der Waals surface area (Å²) >= 11 is 0. The van der Waals surface area contributed by atoms with E-state index >= 15 is 0 Å². The Morgan fingerprint density at radius 2 is 2.10 bits per heavy atom. The van der Waals surface area contributed by atoms with Gasteiger partial charge in [-0.15, -0.1) is 0 Å². The SMILES string of the molecule is CC(NC(=O)c1cc(OCC(F)F)cc(C2CC2)c1)/C(N=CN)=N\c1ncccn1.[HH]. The van der Waals surface area contributed by atoms with Crippen LogP contribution in [0.2, 0.25) is 0 Å². The quantitative estimate of drug-likeness (QED) is 0.505. The minimum Gasteiger partial charge on any atom is -0.488 e. The fourth-order valence-electron chi connectivity index (χ4n) is 2.76. The van der Waals surface area contributed by atoms with Crippen LogP contribution < -0.4 is 15.8 Å². The highest BCUT2D eigenvalue weighted by atomic mass is 19.3. The van der Waals surface area contributed by atoms with Crippen LogP contribution in [0, 0.1) is 0 Å². The molecule has 3 rings (SSSR count). The summed E-state index contributed by atoms with van der Waals surface area (Å²) in [5.41, 5.74) is 6.60. The van der Waals surface area contributed by atoms with E-state index in [9.17, 15) is 13.6 Å². The number of nitrogens with zero attached hydrogens (tertiary/aromatic N) is 4. The Kier molecular flexibility index (Phi) is 6.99. The lowest BCUT2D eigenvalue weighted by Crippen LogP contribution is -2.38. The van der Waals surface area contributed by atoms with Crippen molar-refractivity contribution in [1.82, 2.24) is 15.3 Å². The molecule has 0 spiro atoms. The summed E-state index contributed by atoms with van der Waals surface area (Å²) in [6, 6.07) is 5.93. The lowest BCUT2D eigenvalue weighted by atomic mass is 10.1. The van der Waals surface area contributed by atoms with Crippen molar-refractivity contribution in [1.29, 1.82) is 0 Å². The summed E-state index contributed by atoms with van der Waals surface area (Å²) < 4.78 is 30.2. The molecule has 1 aliphatic rings. The Hall–Kier alpha value is -3.43. The number of amides is 1. The van der Waals surface area contributed by atoms with Gasteiger partial charge >= 0.3 is 0 Å². The smallest absolute Gasteiger partial charge is 0.272 e. The van der Waals surface area contributed by atoms with Gasteiger partial charge in [-0.1, -0.05) is 0 Å². The van der Waals surface area contributed by atoms with Gasteiger partial charge in [0.2, 0.25) is 0 Å². The summed E-state index contributed by atoms with van der Waals surface area (Å²) in [5, 5.41) is 2.78.